The third-order valence-electron chi connectivity index (χ3n) is 3.64. The van der Waals surface area contributed by atoms with Crippen molar-refractivity contribution in [3.63, 3.8) is 0 Å². The van der Waals surface area contributed by atoms with Crippen LogP contribution < -0.4 is 11.1 Å². The average molecular weight is 363 g/mol. The van der Waals surface area contributed by atoms with Gasteiger partial charge in [-0.15, -0.1) is 11.3 Å². The van der Waals surface area contributed by atoms with Crippen LogP contribution in [-0.2, 0) is 4.74 Å². The van der Waals surface area contributed by atoms with Crippen LogP contribution in [0, 0.1) is 0 Å². The summed E-state index contributed by atoms with van der Waals surface area (Å²) in [6.07, 6.45) is 6.56. The van der Waals surface area contributed by atoms with Gasteiger partial charge in [-0.3, -0.25) is 10.1 Å². The predicted molar refractivity (Wildman–Crippen MR) is 102 cm³/mol. The molecule has 1 atom stereocenters. The summed E-state index contributed by atoms with van der Waals surface area (Å²) >= 11 is 1.31. The fourth-order valence-corrected chi connectivity index (χ4v) is 3.45. The molecular formula is C18H25N3O3S. The highest BCUT2D eigenvalue weighted by atomic mass is 32.1. The number of ether oxygens (including phenoxy) is 1. The van der Waals surface area contributed by atoms with Gasteiger partial charge in [-0.25, -0.2) is 4.79 Å². The van der Waals surface area contributed by atoms with E-state index in [9.17, 15) is 9.59 Å². The van der Waals surface area contributed by atoms with Gasteiger partial charge in [-0.1, -0.05) is 18.2 Å². The summed E-state index contributed by atoms with van der Waals surface area (Å²) < 4.78 is 5.24. The highest BCUT2D eigenvalue weighted by Gasteiger charge is 2.22. The highest BCUT2D eigenvalue weighted by molar-refractivity contribution is 7.17. The monoisotopic (exact) mass is 363 g/mol. The summed E-state index contributed by atoms with van der Waals surface area (Å²) in [5.74, 6) is -0.583. The normalized spacial score (nSPS) is 17.4. The Kier molecular flexibility index (Phi) is 5.69. The van der Waals surface area contributed by atoms with Crippen LogP contribution in [0.3, 0.4) is 0 Å². The first-order valence-electron chi connectivity index (χ1n) is 8.05. The van der Waals surface area contributed by atoms with E-state index in [1.807, 2.05) is 20.2 Å². The first-order valence-corrected chi connectivity index (χ1v) is 8.87. The summed E-state index contributed by atoms with van der Waals surface area (Å²) in [6, 6.07) is 2.07. The number of hydrogen-bond acceptors (Lipinski definition) is 5. The topological polar surface area (TPSA) is 84.7 Å². The van der Waals surface area contributed by atoms with Crippen LogP contribution >= 0.6 is 11.3 Å². The number of nitrogens with one attached hydrogen (secondary N) is 1. The van der Waals surface area contributed by atoms with Crippen LogP contribution in [-0.4, -0.2) is 42.6 Å². The van der Waals surface area contributed by atoms with Crippen molar-refractivity contribution in [2.24, 2.45) is 5.73 Å². The standard InChI is InChI=1S/C18H25N3O3S/c1-18(2,3)24-17(23)20-16-13(15(19)22)10-14(25-16)11-6-8-12(9-7-11)21(4)5/h6-8,10,12H,9H2,1-5H3,(H2,19,22)(H,20,23). The number of thiophene rings is 1. The second kappa shape index (κ2) is 7.41. The molecule has 2 amide bonds. The Balaban J connectivity index is 2.22. The van der Waals surface area contributed by atoms with Crippen molar-refractivity contribution >= 4 is 33.9 Å². The molecule has 1 aliphatic carbocycles. The molecule has 6 nitrogen and oxygen atoms in total. The molecule has 1 aromatic rings. The van der Waals surface area contributed by atoms with Gasteiger partial charge in [0.15, 0.2) is 0 Å². The molecule has 0 fully saturated rings. The van der Waals surface area contributed by atoms with E-state index in [0.717, 1.165) is 16.9 Å². The van der Waals surface area contributed by atoms with Gasteiger partial charge >= 0.3 is 6.09 Å². The second-order valence-electron chi connectivity index (χ2n) is 7.13. The number of allylic oxidation sites excluding steroid dienone is 2. The third kappa shape index (κ3) is 5.17. The van der Waals surface area contributed by atoms with Gasteiger partial charge in [0.25, 0.3) is 5.91 Å². The zero-order valence-electron chi connectivity index (χ0n) is 15.3. The molecule has 0 bridgehead atoms. The van der Waals surface area contributed by atoms with E-state index in [1.54, 1.807) is 26.8 Å². The van der Waals surface area contributed by atoms with Gasteiger partial charge in [0.2, 0.25) is 0 Å². The van der Waals surface area contributed by atoms with Crippen molar-refractivity contribution in [3.8, 4) is 0 Å². The van der Waals surface area contributed by atoms with Crippen molar-refractivity contribution in [2.45, 2.75) is 38.8 Å². The Labute approximate surface area is 152 Å². The van der Waals surface area contributed by atoms with Crippen molar-refractivity contribution in [3.05, 3.63) is 34.7 Å². The zero-order chi connectivity index (χ0) is 18.8. The number of amides is 2. The smallest absolute Gasteiger partial charge is 0.412 e. The Bertz CT molecular complexity index is 726. The van der Waals surface area contributed by atoms with Gasteiger partial charge in [0.1, 0.15) is 10.6 Å². The number of likely N-dealkylation sites (N-methyl/N-ethyl adjacent to an activating group) is 1. The molecule has 0 spiro atoms. The molecule has 1 unspecified atom stereocenters. The van der Waals surface area contributed by atoms with Crippen LogP contribution in [0.1, 0.15) is 42.4 Å². The minimum absolute atomic E-state index is 0.287. The maximum absolute atomic E-state index is 12.0. The molecule has 136 valence electrons. The molecule has 0 radical (unpaired) electrons. The molecule has 0 saturated carbocycles. The first kappa shape index (κ1) is 19.2. The summed E-state index contributed by atoms with van der Waals surface area (Å²) in [4.78, 5) is 26.7. The molecule has 2 rings (SSSR count). The quantitative estimate of drug-likeness (QED) is 0.858. The van der Waals surface area contributed by atoms with E-state index >= 15 is 0 Å². The predicted octanol–water partition coefficient (Wildman–Crippen LogP) is 3.47. The van der Waals surface area contributed by atoms with Gasteiger partial charge in [-0.2, -0.15) is 0 Å². The second-order valence-corrected chi connectivity index (χ2v) is 8.18. The number of nitrogens with zero attached hydrogens (tertiary/aromatic N) is 1. The molecular weight excluding hydrogens is 338 g/mol. The fourth-order valence-electron chi connectivity index (χ4n) is 2.38. The minimum Gasteiger partial charge on any atom is -0.444 e. The number of carbonyl (C=O) groups is 2. The van der Waals surface area contributed by atoms with Crippen LogP contribution in [0.25, 0.3) is 5.57 Å². The molecule has 1 aliphatic rings. The van der Waals surface area contributed by atoms with Crippen molar-refractivity contribution in [1.29, 1.82) is 0 Å². The summed E-state index contributed by atoms with van der Waals surface area (Å²) in [7, 11) is 4.07. The highest BCUT2D eigenvalue weighted by Crippen LogP contribution is 2.35. The number of anilines is 1. The lowest BCUT2D eigenvalue weighted by Gasteiger charge is -2.22. The van der Waals surface area contributed by atoms with E-state index in [-0.39, 0.29) is 5.56 Å². The van der Waals surface area contributed by atoms with E-state index in [0.29, 0.717) is 11.0 Å². The van der Waals surface area contributed by atoms with Crippen molar-refractivity contribution in [1.82, 2.24) is 4.90 Å². The SMILES string of the molecule is CN(C)C1C=CC(c2cc(C(N)=O)c(NC(=O)OC(C)(C)C)s2)=CC1. The van der Waals surface area contributed by atoms with Crippen molar-refractivity contribution in [2.75, 3.05) is 19.4 Å². The van der Waals surface area contributed by atoms with Crippen LogP contribution in [0.4, 0.5) is 9.80 Å². The van der Waals surface area contributed by atoms with E-state index in [4.69, 9.17) is 10.5 Å². The summed E-state index contributed by atoms with van der Waals surface area (Å²) in [6.45, 7) is 5.33. The first-order chi connectivity index (χ1) is 11.6. The fraction of sp³-hybridized carbons (Fsp3) is 0.444. The number of nitrogens with two attached hydrogens (primary N) is 1. The number of primary amides is 1. The third-order valence-corrected chi connectivity index (χ3v) is 4.74. The molecule has 0 aliphatic heterocycles. The Morgan fingerprint density at radius 2 is 2.04 bits per heavy atom. The Morgan fingerprint density at radius 1 is 1.36 bits per heavy atom. The zero-order valence-corrected chi connectivity index (χ0v) is 16.1. The summed E-state index contributed by atoms with van der Waals surface area (Å²) in [5.41, 5.74) is 6.14. The lowest BCUT2D eigenvalue weighted by atomic mass is 10.0. The van der Waals surface area contributed by atoms with E-state index < -0.39 is 17.6 Å². The average Bonchev–Trinajstić information content (AvgIpc) is 2.89. The summed E-state index contributed by atoms with van der Waals surface area (Å²) in [5, 5.41) is 3.04. The number of hydrogen-bond donors (Lipinski definition) is 2. The lowest BCUT2D eigenvalue weighted by Crippen LogP contribution is -2.27. The maximum Gasteiger partial charge on any atom is 0.412 e. The molecule has 3 N–H and O–H groups in total. The minimum atomic E-state index is -0.618. The van der Waals surface area contributed by atoms with Gasteiger partial charge in [0, 0.05) is 10.9 Å². The number of carbonyl (C=O) groups excluding carboxylic acids is 2. The van der Waals surface area contributed by atoms with E-state index in [1.165, 1.54) is 11.3 Å². The molecule has 1 heterocycles. The van der Waals surface area contributed by atoms with Crippen molar-refractivity contribution < 1.29 is 14.3 Å². The van der Waals surface area contributed by atoms with E-state index in [2.05, 4.69) is 22.4 Å². The molecule has 1 aromatic heterocycles. The van der Waals surface area contributed by atoms with Gasteiger partial charge in [-0.05, 0) is 52.9 Å². The van der Waals surface area contributed by atoms with Gasteiger partial charge in [0.05, 0.1) is 5.56 Å². The van der Waals surface area contributed by atoms with Crippen LogP contribution in [0.5, 0.6) is 0 Å². The van der Waals surface area contributed by atoms with Gasteiger partial charge < -0.3 is 15.4 Å². The van der Waals surface area contributed by atoms with Crippen LogP contribution in [0.15, 0.2) is 24.3 Å². The molecule has 7 heteroatoms. The molecule has 0 saturated heterocycles. The largest absolute Gasteiger partial charge is 0.444 e. The Hall–Kier alpha value is -2.12. The number of rotatable bonds is 4. The Morgan fingerprint density at radius 3 is 2.52 bits per heavy atom. The van der Waals surface area contributed by atoms with Crippen LogP contribution in [0.2, 0.25) is 0 Å². The maximum atomic E-state index is 12.0. The lowest BCUT2D eigenvalue weighted by molar-refractivity contribution is 0.0636. The molecule has 25 heavy (non-hydrogen) atoms. The molecule has 0 aromatic carbocycles.